The first-order chi connectivity index (χ1) is 12.6. The van der Waals surface area contributed by atoms with Crippen LogP contribution in [-0.2, 0) is 29.9 Å². The van der Waals surface area contributed by atoms with Crippen molar-refractivity contribution in [2.75, 3.05) is 18.2 Å². The summed E-state index contributed by atoms with van der Waals surface area (Å²) in [5.41, 5.74) is 5.22. The SMILES string of the molecule is CS(=O)(=O)NS(=O)(=O)c1ccc(S(C)(=O)=O)c(Oc2ccc(Cl)cc2Cl)c1N. The van der Waals surface area contributed by atoms with Crippen molar-refractivity contribution in [1.29, 1.82) is 0 Å². The fourth-order valence-corrected chi connectivity index (χ4v) is 5.94. The molecule has 0 aliphatic rings. The smallest absolute Gasteiger partial charge is 0.255 e. The van der Waals surface area contributed by atoms with Crippen LogP contribution in [0.1, 0.15) is 0 Å². The van der Waals surface area contributed by atoms with Gasteiger partial charge < -0.3 is 10.5 Å². The van der Waals surface area contributed by atoms with Crippen LogP contribution in [0.5, 0.6) is 11.5 Å². The fraction of sp³-hybridized carbons (Fsp3) is 0.143. The first-order valence-corrected chi connectivity index (χ1v) is 13.1. The van der Waals surface area contributed by atoms with Gasteiger partial charge in [0.25, 0.3) is 10.0 Å². The number of nitrogens with two attached hydrogens (primary N) is 1. The lowest BCUT2D eigenvalue weighted by molar-refractivity contribution is 0.468. The van der Waals surface area contributed by atoms with Crippen molar-refractivity contribution in [2.24, 2.45) is 0 Å². The van der Waals surface area contributed by atoms with Gasteiger partial charge in [-0.15, -0.1) is 4.13 Å². The number of hydrogen-bond acceptors (Lipinski definition) is 8. The minimum absolute atomic E-state index is 0.00821. The molecule has 154 valence electrons. The van der Waals surface area contributed by atoms with Crippen molar-refractivity contribution >= 4 is 58.8 Å². The van der Waals surface area contributed by atoms with Gasteiger partial charge in [-0.25, -0.2) is 25.3 Å². The summed E-state index contributed by atoms with van der Waals surface area (Å²) < 4.78 is 78.4. The zero-order chi connectivity index (χ0) is 21.5. The van der Waals surface area contributed by atoms with Crippen molar-refractivity contribution in [3.8, 4) is 11.5 Å². The molecule has 0 unspecified atom stereocenters. The maximum absolute atomic E-state index is 12.3. The third-order valence-electron chi connectivity index (χ3n) is 3.18. The molecule has 0 aliphatic carbocycles. The molecule has 9 nitrogen and oxygen atoms in total. The Morgan fingerprint density at radius 1 is 0.929 bits per heavy atom. The molecule has 0 amide bonds. The summed E-state index contributed by atoms with van der Waals surface area (Å²) in [6, 6.07) is 5.84. The highest BCUT2D eigenvalue weighted by Gasteiger charge is 2.28. The summed E-state index contributed by atoms with van der Waals surface area (Å²) in [6.45, 7) is 0. The van der Waals surface area contributed by atoms with Gasteiger partial charge >= 0.3 is 0 Å². The average Bonchev–Trinajstić information content (AvgIpc) is 2.47. The summed E-state index contributed by atoms with van der Waals surface area (Å²) in [6.07, 6.45) is 1.50. The predicted molar refractivity (Wildman–Crippen MR) is 106 cm³/mol. The van der Waals surface area contributed by atoms with Gasteiger partial charge in [0.15, 0.2) is 15.6 Å². The summed E-state index contributed by atoms with van der Waals surface area (Å²) in [4.78, 5) is -1.11. The number of sulfonamides is 2. The van der Waals surface area contributed by atoms with E-state index in [0.717, 1.165) is 18.4 Å². The van der Waals surface area contributed by atoms with Gasteiger partial charge in [-0.1, -0.05) is 23.2 Å². The molecule has 3 N–H and O–H groups in total. The molecule has 2 rings (SSSR count). The molecular weight excluding hydrogens is 475 g/mol. The van der Waals surface area contributed by atoms with Gasteiger partial charge in [0.2, 0.25) is 10.0 Å². The van der Waals surface area contributed by atoms with E-state index in [9.17, 15) is 25.3 Å². The number of anilines is 1. The fourth-order valence-electron chi connectivity index (χ4n) is 2.11. The summed E-state index contributed by atoms with van der Waals surface area (Å²) >= 11 is 11.8. The average molecular weight is 489 g/mol. The topological polar surface area (TPSA) is 150 Å². The number of benzene rings is 2. The molecule has 0 heterocycles. The van der Waals surface area contributed by atoms with E-state index in [4.69, 9.17) is 33.7 Å². The van der Waals surface area contributed by atoms with Gasteiger partial charge in [0, 0.05) is 11.3 Å². The maximum atomic E-state index is 12.3. The van der Waals surface area contributed by atoms with Crippen LogP contribution >= 0.6 is 23.2 Å². The van der Waals surface area contributed by atoms with E-state index in [1.807, 2.05) is 0 Å². The Bertz CT molecular complexity index is 1260. The number of hydrogen-bond donors (Lipinski definition) is 2. The van der Waals surface area contributed by atoms with Gasteiger partial charge in [-0.05, 0) is 30.3 Å². The van der Waals surface area contributed by atoms with Crippen LogP contribution in [0.4, 0.5) is 5.69 Å². The lowest BCUT2D eigenvalue weighted by Gasteiger charge is -2.16. The quantitative estimate of drug-likeness (QED) is 0.585. The van der Waals surface area contributed by atoms with Crippen molar-refractivity contribution in [3.63, 3.8) is 0 Å². The normalized spacial score (nSPS) is 12.7. The van der Waals surface area contributed by atoms with Gasteiger partial charge in [-0.2, -0.15) is 0 Å². The van der Waals surface area contributed by atoms with E-state index in [-0.39, 0.29) is 15.8 Å². The van der Waals surface area contributed by atoms with Crippen LogP contribution in [0.15, 0.2) is 40.1 Å². The second kappa shape index (κ2) is 7.69. The molecule has 0 aromatic heterocycles. The molecule has 0 bridgehead atoms. The van der Waals surface area contributed by atoms with Crippen LogP contribution in [0.2, 0.25) is 10.0 Å². The highest BCUT2D eigenvalue weighted by molar-refractivity contribution is 8.04. The minimum atomic E-state index is -4.63. The molecule has 2 aromatic rings. The monoisotopic (exact) mass is 488 g/mol. The third kappa shape index (κ3) is 5.27. The van der Waals surface area contributed by atoms with Crippen LogP contribution in [-0.4, -0.2) is 37.8 Å². The number of rotatable bonds is 6. The maximum Gasteiger partial charge on any atom is 0.255 e. The Kier molecular flexibility index (Phi) is 6.24. The summed E-state index contributed by atoms with van der Waals surface area (Å²) in [7, 11) is -12.7. The first-order valence-electron chi connectivity index (χ1n) is 7.11. The first kappa shape index (κ1) is 22.7. The Labute approximate surface area is 172 Å². The molecule has 0 radical (unpaired) electrons. The largest absolute Gasteiger partial charge is 0.452 e. The molecule has 0 saturated carbocycles. The van der Waals surface area contributed by atoms with Gasteiger partial charge in [0.05, 0.1) is 17.0 Å². The van der Waals surface area contributed by atoms with E-state index < -0.39 is 51.1 Å². The minimum Gasteiger partial charge on any atom is -0.452 e. The summed E-state index contributed by atoms with van der Waals surface area (Å²) in [5.74, 6) is -0.573. The zero-order valence-electron chi connectivity index (χ0n) is 14.3. The highest BCUT2D eigenvalue weighted by atomic mass is 35.5. The lowest BCUT2D eigenvalue weighted by atomic mass is 10.3. The number of nitrogen functional groups attached to an aromatic ring is 1. The Morgan fingerprint density at radius 2 is 1.50 bits per heavy atom. The standard InChI is InChI=1S/C14H14Cl2N2O7S3/c1-26(19,20)12-6-5-11(28(23,24)18-27(2,21)22)13(17)14(12)25-10-4-3-8(15)7-9(10)16/h3-7,18H,17H2,1-2H3. The van der Waals surface area contributed by atoms with Gasteiger partial charge in [-0.3, -0.25) is 0 Å². The van der Waals surface area contributed by atoms with E-state index in [1.165, 1.54) is 22.3 Å². The number of nitrogens with one attached hydrogen (secondary N) is 1. The second-order valence-electron chi connectivity index (χ2n) is 5.61. The molecule has 14 heteroatoms. The molecule has 28 heavy (non-hydrogen) atoms. The predicted octanol–water partition coefficient (Wildman–Crippen LogP) is 2.01. The van der Waals surface area contributed by atoms with Crippen molar-refractivity contribution in [3.05, 3.63) is 40.4 Å². The second-order valence-corrected chi connectivity index (χ2v) is 12.1. The van der Waals surface area contributed by atoms with E-state index >= 15 is 0 Å². The van der Waals surface area contributed by atoms with Crippen LogP contribution in [0, 0.1) is 0 Å². The molecule has 0 fully saturated rings. The molecule has 2 aromatic carbocycles. The van der Waals surface area contributed by atoms with Crippen molar-refractivity contribution in [1.82, 2.24) is 4.13 Å². The Balaban J connectivity index is 2.74. The van der Waals surface area contributed by atoms with Crippen LogP contribution in [0.25, 0.3) is 0 Å². The van der Waals surface area contributed by atoms with Crippen LogP contribution in [0.3, 0.4) is 0 Å². The highest BCUT2D eigenvalue weighted by Crippen LogP contribution is 2.40. The zero-order valence-corrected chi connectivity index (χ0v) is 18.3. The van der Waals surface area contributed by atoms with E-state index in [1.54, 1.807) is 0 Å². The summed E-state index contributed by atoms with van der Waals surface area (Å²) in [5, 5.41) is 0.288. The molecular formula is C14H14Cl2N2O7S3. The Hall–Kier alpha value is -1.57. The lowest BCUT2D eigenvalue weighted by Crippen LogP contribution is -2.30. The van der Waals surface area contributed by atoms with Crippen LogP contribution < -0.4 is 14.6 Å². The molecule has 0 aliphatic heterocycles. The number of ether oxygens (including phenoxy) is 1. The van der Waals surface area contributed by atoms with Crippen molar-refractivity contribution < 1.29 is 30.0 Å². The van der Waals surface area contributed by atoms with E-state index in [2.05, 4.69) is 0 Å². The number of halogens is 2. The number of sulfone groups is 1. The third-order valence-corrected chi connectivity index (χ3v) is 7.85. The van der Waals surface area contributed by atoms with Crippen molar-refractivity contribution in [2.45, 2.75) is 9.79 Å². The molecule has 0 saturated heterocycles. The van der Waals surface area contributed by atoms with E-state index in [0.29, 0.717) is 6.26 Å². The van der Waals surface area contributed by atoms with Gasteiger partial charge in [0.1, 0.15) is 15.5 Å². The molecule has 0 atom stereocenters. The molecule has 0 spiro atoms. The Morgan fingerprint density at radius 3 is 2.00 bits per heavy atom.